The normalized spacial score (nSPS) is 12.0. The number of hydrogen-bond acceptors (Lipinski definition) is 3. The third kappa shape index (κ3) is 8.12. The molecule has 1 rings (SSSR count). The molecule has 1 aromatic carbocycles. The highest BCUT2D eigenvalue weighted by atomic mass is 32.2. The maximum Gasteiger partial charge on any atom is 0.213 e. The van der Waals surface area contributed by atoms with Crippen molar-refractivity contribution in [1.82, 2.24) is 14.9 Å². The second-order valence-electron chi connectivity index (χ2n) is 5.45. The molecule has 0 saturated carbocycles. The van der Waals surface area contributed by atoms with Crippen LogP contribution in [0, 0.1) is 0 Å². The minimum atomic E-state index is -3.33. The maximum atomic E-state index is 12.0. The fourth-order valence-corrected chi connectivity index (χ4v) is 3.02. The van der Waals surface area contributed by atoms with Gasteiger partial charge in [-0.25, -0.2) is 13.1 Å². The van der Waals surface area contributed by atoms with Gasteiger partial charge < -0.3 is 10.2 Å². The Balaban J connectivity index is 2.36. The maximum absolute atomic E-state index is 12.0. The molecule has 0 spiro atoms. The molecular formula is C17H28N4O2S. The van der Waals surface area contributed by atoms with Gasteiger partial charge in [0.05, 0.1) is 5.75 Å². The Hall–Kier alpha value is -1.86. The minimum Gasteiger partial charge on any atom is -0.355 e. The number of guanidine groups is 1. The van der Waals surface area contributed by atoms with Crippen molar-refractivity contribution in [2.45, 2.75) is 19.4 Å². The van der Waals surface area contributed by atoms with Crippen LogP contribution in [0.3, 0.4) is 0 Å². The molecule has 6 nitrogen and oxygen atoms in total. The highest BCUT2D eigenvalue weighted by Crippen LogP contribution is 1.99. The third-order valence-electron chi connectivity index (χ3n) is 3.47. The van der Waals surface area contributed by atoms with Crippen LogP contribution in [0.5, 0.6) is 0 Å². The van der Waals surface area contributed by atoms with Crippen LogP contribution < -0.4 is 10.0 Å². The van der Waals surface area contributed by atoms with Crippen molar-refractivity contribution in [2.24, 2.45) is 4.99 Å². The molecule has 134 valence electrons. The molecule has 0 atom stereocenters. The summed E-state index contributed by atoms with van der Waals surface area (Å²) in [6.07, 6.45) is 3.81. The van der Waals surface area contributed by atoms with Crippen LogP contribution in [0.2, 0.25) is 0 Å². The number of hydrogen-bond donors (Lipinski definition) is 2. The van der Waals surface area contributed by atoms with E-state index in [0.29, 0.717) is 19.0 Å². The fourth-order valence-electron chi connectivity index (χ4n) is 2.12. The molecule has 1 aromatic rings. The molecule has 0 heterocycles. The van der Waals surface area contributed by atoms with Crippen LogP contribution in [0.1, 0.15) is 18.4 Å². The monoisotopic (exact) mass is 352 g/mol. The Labute approximate surface area is 145 Å². The quantitative estimate of drug-likeness (QED) is 0.290. The first kappa shape index (κ1) is 20.2. The smallest absolute Gasteiger partial charge is 0.213 e. The van der Waals surface area contributed by atoms with Crippen LogP contribution in [0.4, 0.5) is 0 Å². The molecule has 0 aliphatic rings. The van der Waals surface area contributed by atoms with E-state index in [1.807, 2.05) is 48.4 Å². The van der Waals surface area contributed by atoms with E-state index in [2.05, 4.69) is 21.6 Å². The second kappa shape index (κ2) is 10.8. The van der Waals surface area contributed by atoms with E-state index in [1.165, 1.54) is 0 Å². The molecule has 0 aromatic heterocycles. The molecule has 24 heavy (non-hydrogen) atoms. The highest BCUT2D eigenvalue weighted by molar-refractivity contribution is 7.89. The predicted molar refractivity (Wildman–Crippen MR) is 100 cm³/mol. The molecule has 7 heteroatoms. The summed E-state index contributed by atoms with van der Waals surface area (Å²) in [5.74, 6) is 0.691. The summed E-state index contributed by atoms with van der Waals surface area (Å²) >= 11 is 0. The number of sulfonamides is 1. The summed E-state index contributed by atoms with van der Waals surface area (Å²) in [4.78, 5) is 6.15. The van der Waals surface area contributed by atoms with Crippen molar-refractivity contribution >= 4 is 16.0 Å². The second-order valence-corrected chi connectivity index (χ2v) is 7.38. The molecule has 0 saturated heterocycles. The van der Waals surface area contributed by atoms with Gasteiger partial charge in [-0.15, -0.1) is 6.58 Å². The van der Waals surface area contributed by atoms with Gasteiger partial charge in [-0.1, -0.05) is 36.4 Å². The lowest BCUT2D eigenvalue weighted by atomic mass is 10.2. The average Bonchev–Trinajstić information content (AvgIpc) is 2.58. The zero-order valence-electron chi connectivity index (χ0n) is 14.5. The van der Waals surface area contributed by atoms with Crippen molar-refractivity contribution < 1.29 is 8.42 Å². The molecule has 0 bridgehead atoms. The first-order valence-corrected chi connectivity index (χ1v) is 9.67. The first-order valence-electron chi connectivity index (χ1n) is 8.02. The van der Waals surface area contributed by atoms with Crippen molar-refractivity contribution in [3.05, 3.63) is 48.6 Å². The number of benzene rings is 1. The van der Waals surface area contributed by atoms with Crippen molar-refractivity contribution in [1.29, 1.82) is 0 Å². The van der Waals surface area contributed by atoms with Gasteiger partial charge in [0.2, 0.25) is 10.0 Å². The molecule has 0 aliphatic heterocycles. The fraction of sp³-hybridized carbons (Fsp3) is 0.471. The highest BCUT2D eigenvalue weighted by Gasteiger charge is 2.11. The number of nitrogens with one attached hydrogen (secondary N) is 2. The molecule has 0 unspecified atom stereocenters. The van der Waals surface area contributed by atoms with E-state index in [9.17, 15) is 8.42 Å². The van der Waals surface area contributed by atoms with Crippen LogP contribution in [-0.2, 0) is 16.6 Å². The van der Waals surface area contributed by atoms with Gasteiger partial charge in [0, 0.05) is 33.7 Å². The Morgan fingerprint density at radius 1 is 1.33 bits per heavy atom. The largest absolute Gasteiger partial charge is 0.355 e. The van der Waals surface area contributed by atoms with Gasteiger partial charge in [-0.05, 0) is 18.4 Å². The van der Waals surface area contributed by atoms with Crippen molar-refractivity contribution in [2.75, 3.05) is 32.9 Å². The van der Waals surface area contributed by atoms with E-state index in [1.54, 1.807) is 7.05 Å². The van der Waals surface area contributed by atoms with Crippen LogP contribution in [-0.4, -0.2) is 52.2 Å². The van der Waals surface area contributed by atoms with Gasteiger partial charge in [0.1, 0.15) is 0 Å². The summed E-state index contributed by atoms with van der Waals surface area (Å²) < 4.78 is 26.7. The topological polar surface area (TPSA) is 73.8 Å². The Bertz CT molecular complexity index is 615. The number of aliphatic imine (C=N–C) groups is 1. The van der Waals surface area contributed by atoms with Gasteiger partial charge >= 0.3 is 0 Å². The zero-order valence-corrected chi connectivity index (χ0v) is 15.3. The molecule has 0 radical (unpaired) electrons. The van der Waals surface area contributed by atoms with E-state index >= 15 is 0 Å². The Morgan fingerprint density at radius 3 is 2.67 bits per heavy atom. The lowest BCUT2D eigenvalue weighted by Gasteiger charge is -2.21. The van der Waals surface area contributed by atoms with Crippen molar-refractivity contribution in [3.8, 4) is 0 Å². The molecule has 0 aliphatic carbocycles. The lowest BCUT2D eigenvalue weighted by molar-refractivity contribution is 0.471. The molecular weight excluding hydrogens is 324 g/mol. The summed E-state index contributed by atoms with van der Waals surface area (Å²) in [6, 6.07) is 9.45. The summed E-state index contributed by atoms with van der Waals surface area (Å²) in [5.41, 5.74) is 0.937. The van der Waals surface area contributed by atoms with Crippen molar-refractivity contribution in [3.63, 3.8) is 0 Å². The third-order valence-corrected chi connectivity index (χ3v) is 4.79. The van der Waals surface area contributed by atoms with E-state index in [0.717, 1.165) is 24.9 Å². The van der Waals surface area contributed by atoms with Crippen LogP contribution >= 0.6 is 0 Å². The average molecular weight is 353 g/mol. The number of allylic oxidation sites excluding steroid dienone is 1. The standard InChI is InChI=1S/C17H28N4O2S/c1-4-5-9-13-21(3)17(18-2)19-12-14-24(22,23)20-15-16-10-7-6-8-11-16/h4,6-8,10-11,20H,1,5,9,12-15H2,2-3H3,(H,18,19). The van der Waals surface area contributed by atoms with Gasteiger partial charge in [0.25, 0.3) is 0 Å². The molecule has 0 amide bonds. The minimum absolute atomic E-state index is 0.000644. The summed E-state index contributed by atoms with van der Waals surface area (Å²) in [7, 11) is 0.291. The Morgan fingerprint density at radius 2 is 2.04 bits per heavy atom. The van der Waals surface area contributed by atoms with E-state index < -0.39 is 10.0 Å². The zero-order chi connectivity index (χ0) is 17.8. The first-order chi connectivity index (χ1) is 11.5. The summed E-state index contributed by atoms with van der Waals surface area (Å²) in [5, 5.41) is 3.08. The molecule has 2 N–H and O–H groups in total. The van der Waals surface area contributed by atoms with Gasteiger partial charge in [-0.2, -0.15) is 0 Å². The van der Waals surface area contributed by atoms with Gasteiger partial charge in [-0.3, -0.25) is 4.99 Å². The Kier molecular flexibility index (Phi) is 9.11. The van der Waals surface area contributed by atoms with E-state index in [4.69, 9.17) is 0 Å². The lowest BCUT2D eigenvalue weighted by Crippen LogP contribution is -2.42. The number of rotatable bonds is 10. The number of unbranched alkanes of at least 4 members (excludes halogenated alkanes) is 1. The van der Waals surface area contributed by atoms with Crippen LogP contribution in [0.25, 0.3) is 0 Å². The predicted octanol–water partition coefficient (Wildman–Crippen LogP) is 1.58. The van der Waals surface area contributed by atoms with Crippen LogP contribution in [0.15, 0.2) is 48.0 Å². The number of nitrogens with zero attached hydrogens (tertiary/aromatic N) is 2. The molecule has 0 fully saturated rings. The summed E-state index contributed by atoms with van der Waals surface area (Å²) in [6.45, 7) is 5.15. The van der Waals surface area contributed by atoms with Gasteiger partial charge in [0.15, 0.2) is 5.96 Å². The SMILES string of the molecule is C=CCCCN(C)C(=NC)NCCS(=O)(=O)NCc1ccccc1. The van der Waals surface area contributed by atoms with E-state index in [-0.39, 0.29) is 5.75 Å².